The molecule has 0 radical (unpaired) electrons. The molecule has 7 heteroatoms. The highest BCUT2D eigenvalue weighted by Crippen LogP contribution is 2.40. The van der Waals surface area contributed by atoms with Crippen molar-refractivity contribution in [3.8, 4) is 6.07 Å². The Balaban J connectivity index is 1.51. The van der Waals surface area contributed by atoms with Gasteiger partial charge in [-0.1, -0.05) is 11.2 Å². The molecule has 0 aliphatic carbocycles. The van der Waals surface area contributed by atoms with Gasteiger partial charge in [-0.15, -0.1) is 0 Å². The summed E-state index contributed by atoms with van der Waals surface area (Å²) in [5.41, 5.74) is 2.52. The van der Waals surface area contributed by atoms with Crippen LogP contribution in [0.2, 0.25) is 0 Å². The van der Waals surface area contributed by atoms with E-state index in [-0.39, 0.29) is 17.3 Å². The summed E-state index contributed by atoms with van der Waals surface area (Å²) in [7, 11) is 0. The van der Waals surface area contributed by atoms with E-state index in [4.69, 9.17) is 4.52 Å². The van der Waals surface area contributed by atoms with E-state index >= 15 is 0 Å². The molecule has 2 aromatic rings. The van der Waals surface area contributed by atoms with Gasteiger partial charge in [-0.3, -0.25) is 9.69 Å². The predicted molar refractivity (Wildman–Crippen MR) is 109 cm³/mol. The lowest BCUT2D eigenvalue weighted by atomic mass is 9.87. The second kappa shape index (κ2) is 8.19. The van der Waals surface area contributed by atoms with Crippen LogP contribution in [-0.4, -0.2) is 46.0 Å². The minimum absolute atomic E-state index is 0.00171. The van der Waals surface area contributed by atoms with Gasteiger partial charge in [0.15, 0.2) is 0 Å². The Morgan fingerprint density at radius 3 is 2.70 bits per heavy atom. The maximum absolute atomic E-state index is 13.5. The van der Waals surface area contributed by atoms with E-state index in [9.17, 15) is 14.4 Å². The van der Waals surface area contributed by atoms with E-state index in [2.05, 4.69) is 16.1 Å². The molecule has 1 aromatic heterocycles. The highest BCUT2D eigenvalue weighted by atomic mass is 19.1. The second-order valence-electron chi connectivity index (χ2n) is 8.51. The van der Waals surface area contributed by atoms with Crippen molar-refractivity contribution in [1.82, 2.24) is 15.0 Å². The Bertz CT molecular complexity index is 976. The number of aryl methyl sites for hydroxylation is 2. The first-order chi connectivity index (χ1) is 14.4. The Kier molecular flexibility index (Phi) is 5.61. The molecule has 2 saturated heterocycles. The molecular weight excluding hydrogens is 383 g/mol. The molecule has 1 spiro atoms. The van der Waals surface area contributed by atoms with E-state index in [1.165, 1.54) is 12.1 Å². The first kappa shape index (κ1) is 20.5. The number of halogens is 1. The quantitative estimate of drug-likeness (QED) is 0.766. The van der Waals surface area contributed by atoms with E-state index in [1.54, 1.807) is 19.9 Å². The number of nitrogens with zero attached hydrogens (tertiary/aromatic N) is 4. The highest BCUT2D eigenvalue weighted by Gasteiger charge is 2.42. The summed E-state index contributed by atoms with van der Waals surface area (Å²) in [5, 5.41) is 13.3. The molecule has 2 fully saturated rings. The predicted octanol–water partition coefficient (Wildman–Crippen LogP) is 3.96. The largest absolute Gasteiger partial charge is 0.361 e. The third-order valence-electron chi connectivity index (χ3n) is 6.75. The zero-order valence-electron chi connectivity index (χ0n) is 17.6. The van der Waals surface area contributed by atoms with Gasteiger partial charge in [-0.2, -0.15) is 5.26 Å². The standard InChI is InChI=1S/C23H27FN4O2/c1-16-21(17(2)30-26-16)22(29)27-10-3-7-23(9-12-27)8-4-11-28(23)15-18-5-6-20(24)13-19(18)14-25/h5-6,13H,3-4,7-12,15H2,1-2H3/t23-/m0/s1. The van der Waals surface area contributed by atoms with Crippen molar-refractivity contribution in [3.05, 3.63) is 52.2 Å². The van der Waals surface area contributed by atoms with Gasteiger partial charge in [-0.05, 0) is 70.2 Å². The SMILES string of the molecule is Cc1noc(C)c1C(=O)N1CCC[C@]2(CCCN2Cc2ccc(F)cc2C#N)CC1. The Morgan fingerprint density at radius 1 is 1.23 bits per heavy atom. The topological polar surface area (TPSA) is 73.4 Å². The number of aromatic nitrogens is 1. The lowest BCUT2D eigenvalue weighted by molar-refractivity contribution is 0.0736. The van der Waals surface area contributed by atoms with Crippen molar-refractivity contribution in [2.75, 3.05) is 19.6 Å². The summed E-state index contributed by atoms with van der Waals surface area (Å²) in [5.74, 6) is 0.187. The summed E-state index contributed by atoms with van der Waals surface area (Å²) >= 11 is 0. The van der Waals surface area contributed by atoms with Crippen LogP contribution in [0.15, 0.2) is 22.7 Å². The highest BCUT2D eigenvalue weighted by molar-refractivity contribution is 5.96. The van der Waals surface area contributed by atoms with Gasteiger partial charge >= 0.3 is 0 Å². The first-order valence-corrected chi connectivity index (χ1v) is 10.6. The molecule has 1 aromatic carbocycles. The molecule has 0 bridgehead atoms. The van der Waals surface area contributed by atoms with Gasteiger partial charge in [0.1, 0.15) is 17.1 Å². The number of hydrogen-bond donors (Lipinski definition) is 0. The third-order valence-corrected chi connectivity index (χ3v) is 6.75. The van der Waals surface area contributed by atoms with Gasteiger partial charge in [0.05, 0.1) is 17.3 Å². The van der Waals surface area contributed by atoms with Crippen molar-refractivity contribution >= 4 is 5.91 Å². The van der Waals surface area contributed by atoms with Gasteiger partial charge in [0, 0.05) is 25.2 Å². The van der Waals surface area contributed by atoms with Gasteiger partial charge < -0.3 is 9.42 Å². The van der Waals surface area contributed by atoms with Gasteiger partial charge in [-0.25, -0.2) is 4.39 Å². The number of likely N-dealkylation sites (tertiary alicyclic amines) is 2. The molecule has 30 heavy (non-hydrogen) atoms. The van der Waals surface area contributed by atoms with Crippen LogP contribution in [0.5, 0.6) is 0 Å². The fourth-order valence-corrected chi connectivity index (χ4v) is 5.13. The zero-order chi connectivity index (χ0) is 21.3. The van der Waals surface area contributed by atoms with Crippen molar-refractivity contribution in [2.24, 2.45) is 0 Å². The molecule has 4 rings (SSSR count). The van der Waals surface area contributed by atoms with Crippen LogP contribution in [0, 0.1) is 31.0 Å². The number of hydrogen-bond acceptors (Lipinski definition) is 5. The fourth-order valence-electron chi connectivity index (χ4n) is 5.13. The van der Waals surface area contributed by atoms with E-state index < -0.39 is 0 Å². The maximum Gasteiger partial charge on any atom is 0.259 e. The van der Waals surface area contributed by atoms with Crippen LogP contribution >= 0.6 is 0 Å². The van der Waals surface area contributed by atoms with Crippen LogP contribution < -0.4 is 0 Å². The molecule has 1 atom stereocenters. The van der Waals surface area contributed by atoms with Gasteiger partial charge in [0.25, 0.3) is 5.91 Å². The van der Waals surface area contributed by atoms with Crippen LogP contribution in [-0.2, 0) is 6.54 Å². The summed E-state index contributed by atoms with van der Waals surface area (Å²) < 4.78 is 18.7. The number of rotatable bonds is 3. The Hall–Kier alpha value is -2.72. The molecule has 3 heterocycles. The normalized spacial score (nSPS) is 22.3. The molecule has 158 valence electrons. The summed E-state index contributed by atoms with van der Waals surface area (Å²) in [6, 6.07) is 6.60. The Labute approximate surface area is 176 Å². The van der Waals surface area contributed by atoms with E-state index in [0.717, 1.165) is 50.8 Å². The van der Waals surface area contributed by atoms with Crippen molar-refractivity contribution in [2.45, 2.75) is 58.0 Å². The number of carbonyl (C=O) groups is 1. The minimum atomic E-state index is -0.380. The molecular formula is C23H27FN4O2. The summed E-state index contributed by atoms with van der Waals surface area (Å²) in [6.45, 7) is 6.59. The number of nitriles is 1. The van der Waals surface area contributed by atoms with Crippen molar-refractivity contribution < 1.29 is 13.7 Å². The lowest BCUT2D eigenvalue weighted by Crippen LogP contribution is -2.44. The third kappa shape index (κ3) is 3.72. The lowest BCUT2D eigenvalue weighted by Gasteiger charge is -2.38. The second-order valence-corrected chi connectivity index (χ2v) is 8.51. The summed E-state index contributed by atoms with van der Waals surface area (Å²) in [6.07, 6.45) is 5.02. The minimum Gasteiger partial charge on any atom is -0.361 e. The molecule has 0 unspecified atom stereocenters. The van der Waals surface area contributed by atoms with Crippen LogP contribution in [0.4, 0.5) is 4.39 Å². The maximum atomic E-state index is 13.5. The zero-order valence-corrected chi connectivity index (χ0v) is 17.6. The number of amides is 1. The monoisotopic (exact) mass is 410 g/mol. The molecule has 2 aliphatic rings. The molecule has 0 saturated carbocycles. The first-order valence-electron chi connectivity index (χ1n) is 10.6. The molecule has 6 nitrogen and oxygen atoms in total. The molecule has 2 aliphatic heterocycles. The average molecular weight is 410 g/mol. The smallest absolute Gasteiger partial charge is 0.259 e. The molecule has 1 amide bonds. The van der Waals surface area contributed by atoms with E-state index in [1.807, 2.05) is 4.90 Å². The van der Waals surface area contributed by atoms with Crippen molar-refractivity contribution in [3.63, 3.8) is 0 Å². The van der Waals surface area contributed by atoms with E-state index in [0.29, 0.717) is 35.7 Å². The fraction of sp³-hybridized carbons (Fsp3) is 0.522. The number of benzene rings is 1. The molecule has 0 N–H and O–H groups in total. The average Bonchev–Trinajstić information content (AvgIpc) is 3.18. The van der Waals surface area contributed by atoms with Gasteiger partial charge in [0.2, 0.25) is 0 Å². The van der Waals surface area contributed by atoms with Crippen LogP contribution in [0.3, 0.4) is 0 Å². The van der Waals surface area contributed by atoms with Crippen LogP contribution in [0.25, 0.3) is 0 Å². The number of carbonyl (C=O) groups excluding carboxylic acids is 1. The van der Waals surface area contributed by atoms with Crippen molar-refractivity contribution in [1.29, 1.82) is 5.26 Å². The van der Waals surface area contributed by atoms with Crippen LogP contribution in [0.1, 0.15) is 65.0 Å². The summed E-state index contributed by atoms with van der Waals surface area (Å²) in [4.78, 5) is 17.5. The Morgan fingerprint density at radius 2 is 2.00 bits per heavy atom.